The average molecular weight is 255 g/mol. The number of nitrogens with zero attached hydrogens (tertiary/aromatic N) is 1. The molecule has 1 unspecified atom stereocenters. The summed E-state index contributed by atoms with van der Waals surface area (Å²) in [4.78, 5) is 36.8. The minimum Gasteiger partial charge on any atom is -0.460 e. The number of benzene rings is 1. The number of rotatable bonds is 6. The third-order valence-corrected chi connectivity index (χ3v) is 2.03. The van der Waals surface area contributed by atoms with Gasteiger partial charge in [-0.1, -0.05) is 30.3 Å². The molecule has 0 bridgehead atoms. The van der Waals surface area contributed by atoms with E-state index in [1.807, 2.05) is 5.34 Å². The lowest BCUT2D eigenvalue weighted by Gasteiger charge is -2.17. The van der Waals surface area contributed by atoms with Gasteiger partial charge in [-0.15, -0.1) is 4.91 Å². The highest BCUT2D eigenvalue weighted by Crippen LogP contribution is 2.22. The van der Waals surface area contributed by atoms with Crippen LogP contribution in [-0.2, 0) is 14.4 Å². The molecule has 0 saturated heterocycles. The van der Waals surface area contributed by atoms with Crippen LogP contribution in [0.4, 0.5) is 4.39 Å². The molecule has 0 amide bonds. The van der Waals surface area contributed by atoms with Crippen molar-refractivity contribution < 1.29 is 23.6 Å². The maximum absolute atomic E-state index is 14.1. The molecule has 6 nitrogen and oxygen atoms in total. The summed E-state index contributed by atoms with van der Waals surface area (Å²) in [5.74, 6) is -6.52. The van der Waals surface area contributed by atoms with Crippen LogP contribution in [0.1, 0.15) is 17.3 Å². The molecule has 0 fully saturated rings. The van der Waals surface area contributed by atoms with Crippen LogP contribution >= 0.6 is 0 Å². The molecule has 1 rings (SSSR count). The smallest absolute Gasteiger partial charge is 0.433 e. The van der Waals surface area contributed by atoms with Gasteiger partial charge in [0.1, 0.15) is 0 Å². The predicted octanol–water partition coefficient (Wildman–Crippen LogP) is 1.80. The fourth-order valence-electron chi connectivity index (χ4n) is 1.22. The molecule has 1 atom stereocenters. The molecule has 0 radical (unpaired) electrons. The molecule has 96 valence electrons. The van der Waals surface area contributed by atoms with Crippen LogP contribution in [0.15, 0.2) is 35.7 Å². The van der Waals surface area contributed by atoms with E-state index in [9.17, 15) is 18.9 Å². The number of hydrogen-bond acceptors (Lipinski definition) is 6. The molecular formula is C11H10FNO5. The van der Waals surface area contributed by atoms with Gasteiger partial charge in [-0.2, -0.15) is 4.39 Å². The topological polar surface area (TPSA) is 82.0 Å². The van der Waals surface area contributed by atoms with E-state index >= 15 is 0 Å². The number of hydrogen-bond donors (Lipinski definition) is 0. The second-order valence-corrected chi connectivity index (χ2v) is 3.18. The van der Waals surface area contributed by atoms with Crippen molar-refractivity contribution in [3.05, 3.63) is 40.8 Å². The number of carbonyl (C=O) groups is 2. The van der Waals surface area contributed by atoms with Gasteiger partial charge in [-0.25, -0.2) is 4.79 Å². The summed E-state index contributed by atoms with van der Waals surface area (Å²) >= 11 is 0. The Morgan fingerprint density at radius 2 is 1.94 bits per heavy atom. The van der Waals surface area contributed by atoms with Gasteiger partial charge in [-0.3, -0.25) is 4.79 Å². The zero-order valence-electron chi connectivity index (χ0n) is 9.46. The fourth-order valence-corrected chi connectivity index (χ4v) is 1.22. The Morgan fingerprint density at radius 3 is 2.44 bits per heavy atom. The first-order chi connectivity index (χ1) is 8.56. The van der Waals surface area contributed by atoms with E-state index < -0.39 is 17.6 Å². The summed E-state index contributed by atoms with van der Waals surface area (Å²) in [6.45, 7) is 1.24. The molecule has 0 aliphatic rings. The Bertz CT molecular complexity index is 450. The summed E-state index contributed by atoms with van der Waals surface area (Å²) < 4.78 is 18.5. The Hall–Kier alpha value is -2.31. The molecule has 0 spiro atoms. The van der Waals surface area contributed by atoms with Gasteiger partial charge in [0.15, 0.2) is 5.34 Å². The zero-order chi connectivity index (χ0) is 13.6. The summed E-state index contributed by atoms with van der Waals surface area (Å²) in [6, 6.07) is 7.06. The number of halogens is 1. The van der Waals surface area contributed by atoms with Crippen LogP contribution in [-0.4, -0.2) is 24.2 Å². The minimum atomic E-state index is -3.56. The molecule has 0 heterocycles. The van der Waals surface area contributed by atoms with Gasteiger partial charge in [0.25, 0.3) is 5.78 Å². The Morgan fingerprint density at radius 1 is 1.33 bits per heavy atom. The average Bonchev–Trinajstić information content (AvgIpc) is 2.39. The molecule has 0 aromatic heterocycles. The second-order valence-electron chi connectivity index (χ2n) is 3.18. The third kappa shape index (κ3) is 2.68. The van der Waals surface area contributed by atoms with Crippen molar-refractivity contribution >= 4 is 11.8 Å². The first kappa shape index (κ1) is 13.8. The SMILES string of the molecule is CCOC(=O)C(F)(ON=O)C(=O)c1ccccc1. The Kier molecular flexibility index (Phi) is 4.47. The third-order valence-electron chi connectivity index (χ3n) is 2.03. The number of Topliss-reactive ketones (excluding diaryl/α,β-unsaturated/α-hetero) is 1. The van der Waals surface area contributed by atoms with Crippen molar-refractivity contribution in [3.8, 4) is 0 Å². The van der Waals surface area contributed by atoms with E-state index in [4.69, 9.17) is 0 Å². The van der Waals surface area contributed by atoms with Crippen molar-refractivity contribution in [2.75, 3.05) is 6.61 Å². The monoisotopic (exact) mass is 255 g/mol. The molecule has 0 N–H and O–H groups in total. The van der Waals surface area contributed by atoms with Crippen LogP contribution < -0.4 is 0 Å². The van der Waals surface area contributed by atoms with Crippen molar-refractivity contribution in [1.29, 1.82) is 0 Å². The summed E-state index contributed by atoms with van der Waals surface area (Å²) in [5, 5.41) is 1.81. The van der Waals surface area contributed by atoms with Crippen molar-refractivity contribution in [1.82, 2.24) is 0 Å². The maximum Gasteiger partial charge on any atom is 0.433 e. The Labute approximate surface area is 102 Å². The van der Waals surface area contributed by atoms with Crippen LogP contribution in [0, 0.1) is 4.91 Å². The lowest BCUT2D eigenvalue weighted by atomic mass is 10.0. The lowest BCUT2D eigenvalue weighted by Crippen LogP contribution is -2.45. The van der Waals surface area contributed by atoms with Gasteiger partial charge >= 0.3 is 11.8 Å². The first-order valence-electron chi connectivity index (χ1n) is 5.03. The van der Waals surface area contributed by atoms with E-state index in [1.54, 1.807) is 6.07 Å². The number of carbonyl (C=O) groups excluding carboxylic acids is 2. The molecule has 1 aromatic rings. The summed E-state index contributed by atoms with van der Waals surface area (Å²) in [6.07, 6.45) is 0. The molecule has 0 saturated carbocycles. The van der Waals surface area contributed by atoms with Crippen LogP contribution in [0.2, 0.25) is 0 Å². The van der Waals surface area contributed by atoms with Crippen molar-refractivity contribution in [2.24, 2.45) is 5.34 Å². The highest BCUT2D eigenvalue weighted by Gasteiger charge is 2.52. The van der Waals surface area contributed by atoms with Gasteiger partial charge in [0, 0.05) is 5.56 Å². The summed E-state index contributed by atoms with van der Waals surface area (Å²) in [5.41, 5.74) is -0.142. The van der Waals surface area contributed by atoms with Crippen LogP contribution in [0.5, 0.6) is 0 Å². The van der Waals surface area contributed by atoms with Crippen LogP contribution in [0.25, 0.3) is 0 Å². The largest absolute Gasteiger partial charge is 0.460 e. The van der Waals surface area contributed by atoms with Crippen molar-refractivity contribution in [2.45, 2.75) is 12.8 Å². The van der Waals surface area contributed by atoms with E-state index in [0.717, 1.165) is 0 Å². The number of ketones is 1. The van der Waals surface area contributed by atoms with Gasteiger partial charge in [0.05, 0.1) is 6.61 Å². The fraction of sp³-hybridized carbons (Fsp3) is 0.273. The molecule has 0 aliphatic heterocycles. The maximum atomic E-state index is 14.1. The van der Waals surface area contributed by atoms with Gasteiger partial charge < -0.3 is 9.57 Å². The quantitative estimate of drug-likeness (QED) is 0.254. The van der Waals surface area contributed by atoms with E-state index in [-0.39, 0.29) is 12.2 Å². The number of esters is 1. The molecule has 1 aromatic carbocycles. The second kappa shape index (κ2) is 5.85. The number of ether oxygens (including phenoxy) is 1. The van der Waals surface area contributed by atoms with Gasteiger partial charge in [0.2, 0.25) is 0 Å². The molecule has 18 heavy (non-hydrogen) atoms. The molecule has 0 aliphatic carbocycles. The first-order valence-corrected chi connectivity index (χ1v) is 5.03. The highest BCUT2D eigenvalue weighted by molar-refractivity contribution is 6.13. The normalized spacial score (nSPS) is 13.2. The number of alkyl halides is 1. The predicted molar refractivity (Wildman–Crippen MR) is 58.1 cm³/mol. The minimum absolute atomic E-state index is 0.142. The Balaban J connectivity index is 3.08. The van der Waals surface area contributed by atoms with Crippen molar-refractivity contribution in [3.63, 3.8) is 0 Å². The molecule has 7 heteroatoms. The molecular weight excluding hydrogens is 245 g/mol. The van der Waals surface area contributed by atoms with E-state index in [2.05, 4.69) is 9.57 Å². The van der Waals surface area contributed by atoms with Gasteiger partial charge in [-0.05, 0) is 6.92 Å². The standard InChI is InChI=1S/C11H10FNO5/c1-2-17-10(15)11(12,18-13-16)9(14)8-6-4-3-5-7-8/h3-7H,2H2,1H3. The van der Waals surface area contributed by atoms with Crippen LogP contribution in [0.3, 0.4) is 0 Å². The van der Waals surface area contributed by atoms with E-state index in [0.29, 0.717) is 0 Å². The lowest BCUT2D eigenvalue weighted by molar-refractivity contribution is -0.187. The zero-order valence-corrected chi connectivity index (χ0v) is 9.46. The summed E-state index contributed by atoms with van der Waals surface area (Å²) in [7, 11) is 0. The highest BCUT2D eigenvalue weighted by atomic mass is 19.2. The van der Waals surface area contributed by atoms with E-state index in [1.165, 1.54) is 31.2 Å².